The highest BCUT2D eigenvalue weighted by Gasteiger charge is 2.23. The molecule has 7 heteroatoms. The van der Waals surface area contributed by atoms with Crippen molar-refractivity contribution in [3.8, 4) is 0 Å². The Morgan fingerprint density at radius 3 is 2.36 bits per heavy atom. The van der Waals surface area contributed by atoms with E-state index in [1.807, 2.05) is 12.1 Å². The lowest BCUT2D eigenvalue weighted by Crippen LogP contribution is -2.22. The maximum absolute atomic E-state index is 12.6. The Kier molecular flexibility index (Phi) is 7.34. The van der Waals surface area contributed by atoms with Gasteiger partial charge in [0.25, 0.3) is 10.0 Å². The van der Waals surface area contributed by atoms with E-state index in [1.54, 1.807) is 26.0 Å². The van der Waals surface area contributed by atoms with Gasteiger partial charge in [0, 0.05) is 7.05 Å². The van der Waals surface area contributed by atoms with Gasteiger partial charge in [0.1, 0.15) is 0 Å². The zero-order valence-electron chi connectivity index (χ0n) is 15.1. The van der Waals surface area contributed by atoms with E-state index >= 15 is 0 Å². The average Bonchev–Trinajstić information content (AvgIpc) is 2.62. The molecule has 25 heavy (non-hydrogen) atoms. The van der Waals surface area contributed by atoms with Crippen LogP contribution in [0.2, 0.25) is 0 Å². The van der Waals surface area contributed by atoms with Crippen LogP contribution in [0.15, 0.2) is 29.2 Å². The first-order valence-corrected chi connectivity index (χ1v) is 11.1. The first-order chi connectivity index (χ1) is 11.8. The molecular weight excluding hydrogens is 358 g/mol. The van der Waals surface area contributed by atoms with Gasteiger partial charge in [-0.3, -0.25) is 4.79 Å². The lowest BCUT2D eigenvalue weighted by Gasteiger charge is -2.22. The summed E-state index contributed by atoms with van der Waals surface area (Å²) >= 11 is 0.958. The minimum absolute atomic E-state index is 0.0209. The summed E-state index contributed by atoms with van der Waals surface area (Å²) in [4.78, 5) is 11.7. The Hall–Kier alpha value is -1.05. The lowest BCUT2D eigenvalue weighted by atomic mass is 9.84. The predicted octanol–water partition coefficient (Wildman–Crippen LogP) is 4.16. The van der Waals surface area contributed by atoms with Crippen LogP contribution in [-0.4, -0.2) is 31.1 Å². The number of carbonyl (C=O) groups excluding carboxylic acids is 1. The molecule has 140 valence electrons. The molecule has 0 radical (unpaired) electrons. The second-order valence-electron chi connectivity index (χ2n) is 6.68. The highest BCUT2D eigenvalue weighted by Crippen LogP contribution is 2.33. The molecule has 0 saturated heterocycles. The molecule has 0 aliphatic heterocycles. The number of carbonyl (C=O) groups is 1. The summed E-state index contributed by atoms with van der Waals surface area (Å²) < 4.78 is 31.4. The van der Waals surface area contributed by atoms with Crippen LogP contribution in [0.3, 0.4) is 0 Å². The topological polar surface area (TPSA) is 63.7 Å². The van der Waals surface area contributed by atoms with Crippen molar-refractivity contribution in [2.24, 2.45) is 5.92 Å². The third kappa shape index (κ3) is 5.46. The molecule has 1 aliphatic rings. The summed E-state index contributed by atoms with van der Waals surface area (Å²) in [6.45, 7) is 3.47. The van der Waals surface area contributed by atoms with Crippen molar-refractivity contribution >= 4 is 27.9 Å². The quantitative estimate of drug-likeness (QED) is 0.401. The highest BCUT2D eigenvalue weighted by molar-refractivity contribution is 8.08. The SMILES string of the molecule is CC(C)C(=O)OCSN(C)S(=O)(=O)c1ccc(C2CCCCC2)cc1. The molecule has 0 spiro atoms. The molecule has 5 nitrogen and oxygen atoms in total. The number of nitrogens with zero attached hydrogens (tertiary/aromatic N) is 1. The van der Waals surface area contributed by atoms with E-state index in [-0.39, 0.29) is 22.7 Å². The van der Waals surface area contributed by atoms with Crippen LogP contribution >= 0.6 is 11.9 Å². The van der Waals surface area contributed by atoms with Crippen molar-refractivity contribution in [2.75, 3.05) is 13.0 Å². The van der Waals surface area contributed by atoms with Crippen LogP contribution in [0.4, 0.5) is 0 Å². The summed E-state index contributed by atoms with van der Waals surface area (Å²) in [6.07, 6.45) is 6.16. The van der Waals surface area contributed by atoms with Crippen LogP contribution in [-0.2, 0) is 19.6 Å². The van der Waals surface area contributed by atoms with Gasteiger partial charge in [0.05, 0.1) is 10.8 Å². The normalized spacial score (nSPS) is 16.4. The van der Waals surface area contributed by atoms with Gasteiger partial charge in [-0.2, -0.15) is 0 Å². The summed E-state index contributed by atoms with van der Waals surface area (Å²) in [6, 6.07) is 7.22. The van der Waals surface area contributed by atoms with E-state index in [9.17, 15) is 13.2 Å². The van der Waals surface area contributed by atoms with Crippen LogP contribution < -0.4 is 0 Å². The standard InChI is InChI=1S/C18H27NO4S2/c1-14(2)18(20)23-13-24-19(3)25(21,22)17-11-9-16(10-12-17)15-7-5-4-6-8-15/h9-12,14-15H,4-8,13H2,1-3H3. The molecule has 0 amide bonds. The van der Waals surface area contributed by atoms with Gasteiger partial charge in [-0.1, -0.05) is 45.2 Å². The molecule has 0 heterocycles. The summed E-state index contributed by atoms with van der Waals surface area (Å²) in [5, 5.41) is 0. The second-order valence-corrected chi connectivity index (χ2v) is 9.93. The van der Waals surface area contributed by atoms with Gasteiger partial charge in [-0.05, 0) is 48.4 Å². The van der Waals surface area contributed by atoms with Crippen molar-refractivity contribution < 1.29 is 17.9 Å². The summed E-state index contributed by atoms with van der Waals surface area (Å²) in [5.41, 5.74) is 1.22. The fraction of sp³-hybridized carbons (Fsp3) is 0.611. The van der Waals surface area contributed by atoms with Gasteiger partial charge in [0.15, 0.2) is 5.94 Å². The molecule has 1 aromatic carbocycles. The Labute approximate surface area is 155 Å². The van der Waals surface area contributed by atoms with Crippen LogP contribution in [0.5, 0.6) is 0 Å². The van der Waals surface area contributed by atoms with Crippen molar-refractivity contribution in [2.45, 2.75) is 56.8 Å². The Morgan fingerprint density at radius 2 is 1.80 bits per heavy atom. The molecule has 1 aliphatic carbocycles. The van der Waals surface area contributed by atoms with E-state index in [1.165, 1.54) is 44.7 Å². The molecular formula is C18H27NO4S2. The molecule has 0 aromatic heterocycles. The van der Waals surface area contributed by atoms with Crippen molar-refractivity contribution in [1.82, 2.24) is 3.71 Å². The number of esters is 1. The molecule has 2 rings (SSSR count). The minimum Gasteiger partial charge on any atom is -0.453 e. The van der Waals surface area contributed by atoms with Gasteiger partial charge < -0.3 is 4.74 Å². The lowest BCUT2D eigenvalue weighted by molar-refractivity contribution is -0.145. The number of ether oxygens (including phenoxy) is 1. The zero-order valence-corrected chi connectivity index (χ0v) is 16.7. The monoisotopic (exact) mass is 385 g/mol. The maximum atomic E-state index is 12.6. The average molecular weight is 386 g/mol. The number of rotatable bonds is 7. The maximum Gasteiger partial charge on any atom is 0.309 e. The smallest absolute Gasteiger partial charge is 0.309 e. The summed E-state index contributed by atoms with van der Waals surface area (Å²) in [5.74, 6) is -0.0366. The largest absolute Gasteiger partial charge is 0.453 e. The van der Waals surface area contributed by atoms with Crippen molar-refractivity contribution in [1.29, 1.82) is 0 Å². The fourth-order valence-corrected chi connectivity index (χ4v) is 4.93. The first kappa shape index (κ1) is 20.3. The van der Waals surface area contributed by atoms with Gasteiger partial charge in [-0.15, -0.1) is 3.71 Å². The van der Waals surface area contributed by atoms with Gasteiger partial charge in [0.2, 0.25) is 0 Å². The minimum atomic E-state index is -3.60. The molecule has 1 saturated carbocycles. The Bertz CT molecular complexity index is 665. The highest BCUT2D eigenvalue weighted by atomic mass is 32.3. The van der Waals surface area contributed by atoms with Crippen LogP contribution in [0.25, 0.3) is 0 Å². The summed E-state index contributed by atoms with van der Waals surface area (Å²) in [7, 11) is -2.13. The van der Waals surface area contributed by atoms with E-state index in [4.69, 9.17) is 4.74 Å². The molecule has 1 aromatic rings. The zero-order chi connectivity index (χ0) is 18.4. The molecule has 0 bridgehead atoms. The molecule has 0 atom stereocenters. The third-order valence-corrected chi connectivity index (χ3v) is 7.54. The van der Waals surface area contributed by atoms with E-state index < -0.39 is 10.0 Å². The number of sulfonamides is 1. The van der Waals surface area contributed by atoms with Gasteiger partial charge >= 0.3 is 5.97 Å². The van der Waals surface area contributed by atoms with E-state index in [2.05, 4.69) is 0 Å². The van der Waals surface area contributed by atoms with Crippen LogP contribution in [0.1, 0.15) is 57.4 Å². The van der Waals surface area contributed by atoms with Gasteiger partial charge in [-0.25, -0.2) is 8.42 Å². The first-order valence-electron chi connectivity index (χ1n) is 8.71. The third-order valence-electron chi connectivity index (χ3n) is 4.50. The fourth-order valence-electron chi connectivity index (χ4n) is 2.89. The van der Waals surface area contributed by atoms with E-state index in [0.29, 0.717) is 5.92 Å². The Morgan fingerprint density at radius 1 is 1.20 bits per heavy atom. The van der Waals surface area contributed by atoms with Crippen LogP contribution in [0, 0.1) is 5.92 Å². The molecule has 0 N–H and O–H groups in total. The molecule has 0 unspecified atom stereocenters. The van der Waals surface area contributed by atoms with Crippen molar-refractivity contribution in [3.05, 3.63) is 29.8 Å². The van der Waals surface area contributed by atoms with E-state index in [0.717, 1.165) is 15.7 Å². The number of hydrogen-bond acceptors (Lipinski definition) is 5. The predicted molar refractivity (Wildman–Crippen MR) is 101 cm³/mol. The molecule has 1 fully saturated rings. The second kappa shape index (κ2) is 9.05. The number of hydrogen-bond donors (Lipinski definition) is 0. The van der Waals surface area contributed by atoms with Crippen molar-refractivity contribution in [3.63, 3.8) is 0 Å². The number of benzene rings is 1. The Balaban J connectivity index is 1.97.